The van der Waals surface area contributed by atoms with Crippen LogP contribution in [0.15, 0.2) is 30.5 Å². The molecule has 28 heavy (non-hydrogen) atoms. The van der Waals surface area contributed by atoms with E-state index in [4.69, 9.17) is 16.3 Å². The third-order valence-electron chi connectivity index (χ3n) is 4.40. The normalized spacial score (nSPS) is 16.2. The molecule has 0 aliphatic carbocycles. The largest absolute Gasteiger partial charge is 0.496 e. The van der Waals surface area contributed by atoms with Gasteiger partial charge in [0.25, 0.3) is 11.8 Å². The van der Waals surface area contributed by atoms with Gasteiger partial charge in [0.2, 0.25) is 0 Å². The van der Waals surface area contributed by atoms with Crippen LogP contribution in [0.1, 0.15) is 29.7 Å². The van der Waals surface area contributed by atoms with E-state index in [1.165, 1.54) is 36.3 Å². The fourth-order valence-electron chi connectivity index (χ4n) is 3.05. The molecular weight excluding hydrogens is 385 g/mol. The molecule has 2 aromatic rings. The highest BCUT2D eigenvalue weighted by Crippen LogP contribution is 2.39. The zero-order valence-electron chi connectivity index (χ0n) is 15.5. The number of methoxy groups -OCH3 is 1. The molecule has 3 rings (SSSR count). The second-order valence-electron chi connectivity index (χ2n) is 6.11. The number of hydrogen-bond donors (Lipinski definition) is 0. The number of likely N-dealkylation sites (N-methyl/N-ethyl adjacent to an activating group) is 1. The summed E-state index contributed by atoms with van der Waals surface area (Å²) in [6, 6.07) is 5.94. The van der Waals surface area contributed by atoms with Gasteiger partial charge in [0.05, 0.1) is 30.6 Å². The van der Waals surface area contributed by atoms with Crippen molar-refractivity contribution in [3.8, 4) is 17.6 Å². The number of hydrogen-bond acceptors (Lipinski definition) is 4. The topological polar surface area (TPSA) is 62.7 Å². The van der Waals surface area contributed by atoms with Crippen LogP contribution in [-0.2, 0) is 16.1 Å². The van der Waals surface area contributed by atoms with Crippen LogP contribution < -0.4 is 4.74 Å². The van der Waals surface area contributed by atoms with E-state index < -0.39 is 23.5 Å². The van der Waals surface area contributed by atoms with Gasteiger partial charge in [-0.1, -0.05) is 17.5 Å². The maximum atomic E-state index is 13.1. The number of carbonyl (C=O) groups excluding carboxylic acids is 2. The van der Waals surface area contributed by atoms with Crippen molar-refractivity contribution < 1.29 is 18.7 Å². The summed E-state index contributed by atoms with van der Waals surface area (Å²) in [5.41, 5.74) is 1.36. The molecule has 144 valence electrons. The molecule has 2 amide bonds. The van der Waals surface area contributed by atoms with Gasteiger partial charge in [0, 0.05) is 18.2 Å². The van der Waals surface area contributed by atoms with Crippen molar-refractivity contribution in [1.29, 1.82) is 0 Å². The number of amides is 2. The summed E-state index contributed by atoms with van der Waals surface area (Å²) in [4.78, 5) is 29.8. The van der Waals surface area contributed by atoms with E-state index in [1.54, 1.807) is 19.1 Å². The zero-order chi connectivity index (χ0) is 20.4. The van der Waals surface area contributed by atoms with Crippen molar-refractivity contribution in [3.63, 3.8) is 0 Å². The molecule has 2 heterocycles. The standard InChI is InChI=1S/C20H17ClFN3O3/c1-4-5-12-8-15(21)17(16(9-12)28-3)18-19(26)24(2)25(20(18)27)11-14-7-6-13(22)10-23-14/h6-10,18H,11H2,1-3H3. The van der Waals surface area contributed by atoms with Gasteiger partial charge in [0.1, 0.15) is 11.6 Å². The third kappa shape index (κ3) is 3.51. The Hall–Kier alpha value is -3.11. The van der Waals surface area contributed by atoms with Crippen molar-refractivity contribution in [2.75, 3.05) is 14.2 Å². The van der Waals surface area contributed by atoms with Crippen molar-refractivity contribution in [3.05, 3.63) is 58.1 Å². The fraction of sp³-hybridized carbons (Fsp3) is 0.250. The van der Waals surface area contributed by atoms with E-state index in [-0.39, 0.29) is 11.6 Å². The minimum atomic E-state index is -1.14. The van der Waals surface area contributed by atoms with Crippen LogP contribution in [0.2, 0.25) is 5.02 Å². The molecule has 8 heteroatoms. The lowest BCUT2D eigenvalue weighted by atomic mass is 9.95. The summed E-state index contributed by atoms with van der Waals surface area (Å²) in [5, 5.41) is 2.69. The average molecular weight is 402 g/mol. The minimum absolute atomic E-state index is 0.0250. The molecule has 0 radical (unpaired) electrons. The molecule has 0 bridgehead atoms. The molecule has 1 aromatic heterocycles. The lowest BCUT2D eigenvalue weighted by molar-refractivity contribution is -0.145. The van der Waals surface area contributed by atoms with Crippen LogP contribution in [0.5, 0.6) is 5.75 Å². The summed E-state index contributed by atoms with van der Waals surface area (Å²) in [6.07, 6.45) is 1.06. The number of hydrazine groups is 1. The number of pyridine rings is 1. The highest BCUT2D eigenvalue weighted by Gasteiger charge is 2.47. The highest BCUT2D eigenvalue weighted by atomic mass is 35.5. The predicted molar refractivity (Wildman–Crippen MR) is 101 cm³/mol. The van der Waals surface area contributed by atoms with E-state index in [1.807, 2.05) is 0 Å². The molecule has 6 nitrogen and oxygen atoms in total. The van der Waals surface area contributed by atoms with Crippen LogP contribution >= 0.6 is 11.6 Å². The number of benzene rings is 1. The molecule has 1 aromatic carbocycles. The minimum Gasteiger partial charge on any atom is -0.496 e. The lowest BCUT2D eigenvalue weighted by Gasteiger charge is -2.23. The first kappa shape index (κ1) is 19.6. The van der Waals surface area contributed by atoms with E-state index in [0.717, 1.165) is 6.20 Å². The van der Waals surface area contributed by atoms with Gasteiger partial charge in [-0.15, -0.1) is 5.92 Å². The Morgan fingerprint density at radius 2 is 2.04 bits per heavy atom. The van der Waals surface area contributed by atoms with Crippen molar-refractivity contribution >= 4 is 23.4 Å². The Balaban J connectivity index is 1.98. The summed E-state index contributed by atoms with van der Waals surface area (Å²) >= 11 is 6.39. The van der Waals surface area contributed by atoms with E-state index >= 15 is 0 Å². The number of nitrogens with zero attached hydrogens (tertiary/aromatic N) is 3. The maximum Gasteiger partial charge on any atom is 0.258 e. The Bertz CT molecular complexity index is 998. The van der Waals surface area contributed by atoms with Gasteiger partial charge in [-0.2, -0.15) is 0 Å². The molecule has 1 fully saturated rings. The van der Waals surface area contributed by atoms with E-state index in [2.05, 4.69) is 16.8 Å². The first-order chi connectivity index (χ1) is 13.4. The van der Waals surface area contributed by atoms with Gasteiger partial charge < -0.3 is 4.74 Å². The van der Waals surface area contributed by atoms with Crippen LogP contribution in [0, 0.1) is 17.7 Å². The van der Waals surface area contributed by atoms with E-state index in [9.17, 15) is 14.0 Å². The van der Waals surface area contributed by atoms with Gasteiger partial charge in [-0.3, -0.25) is 19.6 Å². The summed E-state index contributed by atoms with van der Waals surface area (Å²) in [5.74, 6) is 3.42. The van der Waals surface area contributed by atoms with Crippen molar-refractivity contribution in [2.24, 2.45) is 0 Å². The highest BCUT2D eigenvalue weighted by molar-refractivity contribution is 6.32. The predicted octanol–water partition coefficient (Wildman–Crippen LogP) is 2.75. The average Bonchev–Trinajstić information content (AvgIpc) is 2.87. The second-order valence-corrected chi connectivity index (χ2v) is 6.51. The van der Waals surface area contributed by atoms with Gasteiger partial charge in [-0.05, 0) is 31.2 Å². The van der Waals surface area contributed by atoms with Crippen molar-refractivity contribution in [1.82, 2.24) is 15.0 Å². The molecule has 1 saturated heterocycles. The molecule has 0 saturated carbocycles. The summed E-state index contributed by atoms with van der Waals surface area (Å²) in [7, 11) is 2.92. The number of rotatable bonds is 4. The lowest BCUT2D eigenvalue weighted by Crippen LogP contribution is -2.37. The fourth-order valence-corrected chi connectivity index (χ4v) is 3.37. The Kier molecular flexibility index (Phi) is 5.52. The Morgan fingerprint density at radius 3 is 2.64 bits per heavy atom. The van der Waals surface area contributed by atoms with Crippen LogP contribution in [-0.4, -0.2) is 41.0 Å². The molecule has 1 aliphatic heterocycles. The third-order valence-corrected chi connectivity index (χ3v) is 4.71. The van der Waals surface area contributed by atoms with Crippen LogP contribution in [0.4, 0.5) is 4.39 Å². The van der Waals surface area contributed by atoms with Crippen LogP contribution in [0.3, 0.4) is 0 Å². The Labute approximate surface area is 166 Å². The zero-order valence-corrected chi connectivity index (χ0v) is 16.2. The molecule has 0 N–H and O–H groups in total. The maximum absolute atomic E-state index is 13.1. The summed E-state index contributed by atoms with van der Waals surface area (Å²) in [6.45, 7) is 1.71. The number of ether oxygens (including phenoxy) is 1. The second kappa shape index (κ2) is 7.87. The summed E-state index contributed by atoms with van der Waals surface area (Å²) < 4.78 is 18.4. The molecule has 1 atom stereocenters. The van der Waals surface area contributed by atoms with Gasteiger partial charge in [0.15, 0.2) is 5.92 Å². The monoisotopic (exact) mass is 401 g/mol. The molecular formula is C20H17ClFN3O3. The van der Waals surface area contributed by atoms with Crippen molar-refractivity contribution in [2.45, 2.75) is 19.4 Å². The molecule has 1 aliphatic rings. The number of carbonyl (C=O) groups is 2. The first-order valence-corrected chi connectivity index (χ1v) is 8.74. The first-order valence-electron chi connectivity index (χ1n) is 8.36. The van der Waals surface area contributed by atoms with Crippen LogP contribution in [0.25, 0.3) is 0 Å². The Morgan fingerprint density at radius 1 is 1.29 bits per heavy atom. The van der Waals surface area contributed by atoms with Gasteiger partial charge >= 0.3 is 0 Å². The quantitative estimate of drug-likeness (QED) is 0.584. The number of halogens is 2. The smallest absolute Gasteiger partial charge is 0.258 e. The van der Waals surface area contributed by atoms with Gasteiger partial charge in [-0.25, -0.2) is 9.40 Å². The number of aromatic nitrogens is 1. The molecule has 1 unspecified atom stereocenters. The van der Waals surface area contributed by atoms with E-state index in [0.29, 0.717) is 22.6 Å². The SMILES string of the molecule is CC#Cc1cc(Cl)c(C2C(=O)N(C)N(Cc3ccc(F)cn3)C2=O)c(OC)c1. The molecule has 0 spiro atoms.